The Morgan fingerprint density at radius 2 is 2.22 bits per heavy atom. The number of aromatic nitrogens is 3. The van der Waals surface area contributed by atoms with Gasteiger partial charge in [0.1, 0.15) is 3.57 Å². The largest absolute Gasteiger partial charge is 0.476 e. The summed E-state index contributed by atoms with van der Waals surface area (Å²) in [6.45, 7) is 0. The maximum atomic E-state index is 11.3. The summed E-state index contributed by atoms with van der Waals surface area (Å²) in [5, 5.41) is 8.93. The van der Waals surface area contributed by atoms with Gasteiger partial charge in [0.25, 0.3) is 5.56 Å². The molecule has 0 bridgehead atoms. The van der Waals surface area contributed by atoms with Crippen LogP contribution in [0.15, 0.2) is 29.5 Å². The minimum Gasteiger partial charge on any atom is -0.476 e. The number of hydrogen-bond donors (Lipinski definition) is 2. The molecule has 2 heterocycles. The van der Waals surface area contributed by atoms with Crippen LogP contribution in [-0.4, -0.2) is 26.0 Å². The van der Waals surface area contributed by atoms with Gasteiger partial charge in [-0.2, -0.15) is 0 Å². The molecule has 0 aromatic carbocycles. The van der Waals surface area contributed by atoms with E-state index in [-0.39, 0.29) is 26.5 Å². The molecule has 0 saturated carbocycles. The number of H-pyrrole nitrogens is 1. The second-order valence-corrected chi connectivity index (χ2v) is 4.19. The molecular formula is C10H6IN3O4. The number of hydrogen-bond acceptors (Lipinski definition) is 5. The van der Waals surface area contributed by atoms with Gasteiger partial charge in [-0.15, -0.1) is 0 Å². The Morgan fingerprint density at radius 1 is 1.44 bits per heavy atom. The fraction of sp³-hybridized carbons (Fsp3) is 0. The molecule has 0 spiro atoms. The quantitative estimate of drug-likeness (QED) is 0.800. The van der Waals surface area contributed by atoms with Crippen molar-refractivity contribution in [2.45, 2.75) is 0 Å². The fourth-order valence-corrected chi connectivity index (χ4v) is 1.58. The highest BCUT2D eigenvalue weighted by molar-refractivity contribution is 14.1. The van der Waals surface area contributed by atoms with Gasteiger partial charge in [-0.3, -0.25) is 4.79 Å². The second-order valence-electron chi connectivity index (χ2n) is 3.11. The zero-order valence-corrected chi connectivity index (χ0v) is 10.9. The number of aromatic carboxylic acids is 1. The normalized spacial score (nSPS) is 10.1. The van der Waals surface area contributed by atoms with E-state index in [9.17, 15) is 9.59 Å². The van der Waals surface area contributed by atoms with Crippen LogP contribution in [0.1, 0.15) is 10.5 Å². The average molecular weight is 359 g/mol. The first-order valence-electron chi connectivity index (χ1n) is 4.69. The Kier molecular flexibility index (Phi) is 3.55. The second kappa shape index (κ2) is 5.12. The van der Waals surface area contributed by atoms with E-state index < -0.39 is 5.97 Å². The van der Waals surface area contributed by atoms with Crippen LogP contribution in [0.2, 0.25) is 0 Å². The SMILES string of the molecule is O=C(O)c1ncccc1Oc1nc[nH]c(=O)c1I. The van der Waals surface area contributed by atoms with Crippen molar-refractivity contribution >= 4 is 28.6 Å². The molecule has 0 amide bonds. The maximum Gasteiger partial charge on any atom is 0.358 e. The van der Waals surface area contributed by atoms with Gasteiger partial charge < -0.3 is 14.8 Å². The molecule has 18 heavy (non-hydrogen) atoms. The molecule has 0 fully saturated rings. The first-order chi connectivity index (χ1) is 8.59. The van der Waals surface area contributed by atoms with Crippen molar-refractivity contribution in [1.29, 1.82) is 0 Å². The lowest BCUT2D eigenvalue weighted by atomic mass is 10.3. The number of aromatic amines is 1. The average Bonchev–Trinajstić information content (AvgIpc) is 2.35. The highest BCUT2D eigenvalue weighted by Gasteiger charge is 2.15. The molecule has 2 aromatic rings. The maximum absolute atomic E-state index is 11.3. The number of pyridine rings is 1. The molecule has 0 unspecified atom stereocenters. The molecule has 8 heteroatoms. The van der Waals surface area contributed by atoms with E-state index >= 15 is 0 Å². The van der Waals surface area contributed by atoms with Crippen LogP contribution in [0.4, 0.5) is 0 Å². The van der Waals surface area contributed by atoms with Gasteiger partial charge in [0, 0.05) is 6.20 Å². The third-order valence-corrected chi connectivity index (χ3v) is 2.90. The molecule has 0 atom stereocenters. The van der Waals surface area contributed by atoms with Crippen LogP contribution in [-0.2, 0) is 0 Å². The summed E-state index contributed by atoms with van der Waals surface area (Å²) in [7, 11) is 0. The van der Waals surface area contributed by atoms with Gasteiger partial charge in [0.2, 0.25) is 5.88 Å². The van der Waals surface area contributed by atoms with E-state index in [0.717, 1.165) is 0 Å². The molecule has 0 radical (unpaired) electrons. The van der Waals surface area contributed by atoms with Gasteiger partial charge >= 0.3 is 5.97 Å². The van der Waals surface area contributed by atoms with Crippen LogP contribution < -0.4 is 10.3 Å². The number of ether oxygens (including phenoxy) is 1. The summed E-state index contributed by atoms with van der Waals surface area (Å²) < 4.78 is 5.53. The fourth-order valence-electron chi connectivity index (χ4n) is 1.18. The number of rotatable bonds is 3. The number of halogens is 1. The van der Waals surface area contributed by atoms with Gasteiger partial charge in [0.05, 0.1) is 6.33 Å². The number of nitrogens with zero attached hydrogens (tertiary/aromatic N) is 2. The Morgan fingerprint density at radius 3 is 2.94 bits per heavy atom. The zero-order valence-electron chi connectivity index (χ0n) is 8.75. The van der Waals surface area contributed by atoms with Crippen molar-refractivity contribution in [2.24, 2.45) is 0 Å². The number of nitrogens with one attached hydrogen (secondary N) is 1. The summed E-state index contributed by atoms with van der Waals surface area (Å²) in [6, 6.07) is 2.97. The van der Waals surface area contributed by atoms with E-state index in [0.29, 0.717) is 0 Å². The highest BCUT2D eigenvalue weighted by Crippen LogP contribution is 2.24. The van der Waals surface area contributed by atoms with E-state index in [4.69, 9.17) is 9.84 Å². The van der Waals surface area contributed by atoms with E-state index in [1.54, 1.807) is 22.6 Å². The monoisotopic (exact) mass is 359 g/mol. The Labute approximate surface area is 114 Å². The molecule has 0 aliphatic carbocycles. The highest BCUT2D eigenvalue weighted by atomic mass is 127. The van der Waals surface area contributed by atoms with Crippen molar-refractivity contribution in [1.82, 2.24) is 15.0 Å². The Hall–Kier alpha value is -1.97. The minimum atomic E-state index is -1.22. The lowest BCUT2D eigenvalue weighted by Gasteiger charge is -2.07. The summed E-state index contributed by atoms with van der Waals surface area (Å²) in [5.41, 5.74) is -0.600. The van der Waals surface area contributed by atoms with Gasteiger partial charge in [-0.25, -0.2) is 14.8 Å². The van der Waals surface area contributed by atoms with Crippen molar-refractivity contribution in [2.75, 3.05) is 0 Å². The minimum absolute atomic E-state index is 0.0287. The van der Waals surface area contributed by atoms with Crippen LogP contribution in [0, 0.1) is 3.57 Å². The predicted octanol–water partition coefficient (Wildman–Crippen LogP) is 1.26. The lowest BCUT2D eigenvalue weighted by Crippen LogP contribution is -2.12. The number of carboxylic acid groups (broad SMARTS) is 1. The molecule has 0 saturated heterocycles. The predicted molar refractivity (Wildman–Crippen MR) is 68.8 cm³/mol. The summed E-state index contributed by atoms with van der Waals surface area (Å²) >= 11 is 1.76. The third-order valence-electron chi connectivity index (χ3n) is 1.94. The standard InChI is InChI=1S/C10H6IN3O4/c11-6-8(15)13-4-14-9(6)18-5-2-1-3-12-7(5)10(16)17/h1-4H,(H,16,17)(H,13,14,15). The van der Waals surface area contributed by atoms with Crippen molar-refractivity contribution in [3.8, 4) is 11.6 Å². The van der Waals surface area contributed by atoms with Gasteiger partial charge in [0.15, 0.2) is 11.4 Å². The molecule has 2 N–H and O–H groups in total. The molecule has 7 nitrogen and oxygen atoms in total. The first-order valence-corrected chi connectivity index (χ1v) is 5.77. The summed E-state index contributed by atoms with van der Waals surface area (Å²) in [6.07, 6.45) is 2.52. The molecule has 2 aromatic heterocycles. The Balaban J connectivity index is 2.43. The van der Waals surface area contributed by atoms with E-state index in [2.05, 4.69) is 15.0 Å². The van der Waals surface area contributed by atoms with Crippen LogP contribution in [0.25, 0.3) is 0 Å². The smallest absolute Gasteiger partial charge is 0.358 e. The molecule has 92 valence electrons. The van der Waals surface area contributed by atoms with Crippen molar-refractivity contribution in [3.05, 3.63) is 44.3 Å². The van der Waals surface area contributed by atoms with E-state index in [1.165, 1.54) is 24.7 Å². The van der Waals surface area contributed by atoms with Crippen LogP contribution >= 0.6 is 22.6 Å². The zero-order chi connectivity index (χ0) is 13.1. The van der Waals surface area contributed by atoms with Crippen LogP contribution in [0.3, 0.4) is 0 Å². The topological polar surface area (TPSA) is 105 Å². The summed E-state index contributed by atoms with van der Waals surface area (Å²) in [4.78, 5) is 32.2. The number of carbonyl (C=O) groups is 1. The molecule has 0 aliphatic rings. The Bertz CT molecular complexity index is 656. The third kappa shape index (κ3) is 2.47. The number of carboxylic acids is 1. The van der Waals surface area contributed by atoms with E-state index in [1.807, 2.05) is 0 Å². The van der Waals surface area contributed by atoms with Crippen molar-refractivity contribution < 1.29 is 14.6 Å². The van der Waals surface area contributed by atoms with Crippen LogP contribution in [0.5, 0.6) is 11.6 Å². The summed E-state index contributed by atoms with van der Waals surface area (Å²) in [5.74, 6) is -1.15. The molecule has 2 rings (SSSR count). The first kappa shape index (κ1) is 12.5. The van der Waals surface area contributed by atoms with Crippen molar-refractivity contribution in [3.63, 3.8) is 0 Å². The molecular weight excluding hydrogens is 353 g/mol. The van der Waals surface area contributed by atoms with Gasteiger partial charge in [-0.05, 0) is 34.7 Å². The lowest BCUT2D eigenvalue weighted by molar-refractivity contribution is 0.0687. The molecule has 0 aliphatic heterocycles. The van der Waals surface area contributed by atoms with Gasteiger partial charge in [-0.1, -0.05) is 0 Å².